The summed E-state index contributed by atoms with van der Waals surface area (Å²) in [6.45, 7) is 0.579. The molecule has 0 radical (unpaired) electrons. The van der Waals surface area contributed by atoms with Crippen LogP contribution in [0.25, 0.3) is 17.2 Å². The molecule has 0 saturated heterocycles. The van der Waals surface area contributed by atoms with Crippen LogP contribution in [0.3, 0.4) is 0 Å². The maximum Gasteiger partial charge on any atom is 0.420 e. The first-order valence-corrected chi connectivity index (χ1v) is 8.34. The number of benzene rings is 2. The molecule has 6 nitrogen and oxygen atoms in total. The predicted octanol–water partition coefficient (Wildman–Crippen LogP) is 3.09. The van der Waals surface area contributed by atoms with Crippen molar-refractivity contribution in [3.05, 3.63) is 69.7 Å². The van der Waals surface area contributed by atoms with Gasteiger partial charge in [-0.15, -0.1) is 0 Å². The topological polar surface area (TPSA) is 73.5 Å². The van der Waals surface area contributed by atoms with Gasteiger partial charge in [0, 0.05) is 30.3 Å². The average molecular weight is 373 g/mol. The minimum Gasteiger partial charge on any atom is -0.497 e. The fourth-order valence-corrected chi connectivity index (χ4v) is 2.71. The molecule has 2 aromatic carbocycles. The number of carbonyl (C=O) groups excluding carboxylic acids is 1. The highest BCUT2D eigenvalue weighted by Gasteiger charge is 2.10. The zero-order chi connectivity index (χ0) is 18.5. The van der Waals surface area contributed by atoms with E-state index in [1.165, 1.54) is 10.6 Å². The Hall–Kier alpha value is -2.99. The van der Waals surface area contributed by atoms with Crippen molar-refractivity contribution >= 4 is 34.7 Å². The second kappa shape index (κ2) is 7.93. The first-order chi connectivity index (χ1) is 12.6. The molecule has 134 valence electrons. The van der Waals surface area contributed by atoms with Crippen molar-refractivity contribution in [1.29, 1.82) is 0 Å². The summed E-state index contributed by atoms with van der Waals surface area (Å²) in [5.74, 6) is -0.141. The van der Waals surface area contributed by atoms with E-state index >= 15 is 0 Å². The van der Waals surface area contributed by atoms with Crippen LogP contribution in [0.4, 0.5) is 0 Å². The molecule has 0 fully saturated rings. The first-order valence-electron chi connectivity index (χ1n) is 7.96. The highest BCUT2D eigenvalue weighted by Crippen LogP contribution is 2.19. The lowest BCUT2D eigenvalue weighted by Crippen LogP contribution is -2.28. The zero-order valence-electron chi connectivity index (χ0n) is 14.1. The smallest absolute Gasteiger partial charge is 0.420 e. The lowest BCUT2D eigenvalue weighted by molar-refractivity contribution is -0.116. The molecule has 3 aromatic rings. The summed E-state index contributed by atoms with van der Waals surface area (Å²) in [7, 11) is 1.54. The summed E-state index contributed by atoms with van der Waals surface area (Å²) in [6, 6.07) is 12.4. The van der Waals surface area contributed by atoms with Crippen LogP contribution in [0.2, 0.25) is 5.02 Å². The lowest BCUT2D eigenvalue weighted by atomic mass is 10.2. The maximum absolute atomic E-state index is 12.0. The van der Waals surface area contributed by atoms with Crippen LogP contribution >= 0.6 is 11.6 Å². The van der Waals surface area contributed by atoms with E-state index < -0.39 is 5.76 Å². The third-order valence-electron chi connectivity index (χ3n) is 3.83. The second-order valence-corrected chi connectivity index (χ2v) is 5.91. The number of hydrogen-bond donors (Lipinski definition) is 1. The van der Waals surface area contributed by atoms with Crippen LogP contribution in [0.1, 0.15) is 5.56 Å². The number of nitrogens with one attached hydrogen (secondary N) is 1. The highest BCUT2D eigenvalue weighted by atomic mass is 35.5. The quantitative estimate of drug-likeness (QED) is 0.675. The molecule has 0 spiro atoms. The van der Waals surface area contributed by atoms with Crippen LogP contribution in [0.15, 0.2) is 57.8 Å². The maximum atomic E-state index is 12.0. The Kier molecular flexibility index (Phi) is 5.43. The SMILES string of the molecule is COc1ccc2c(c1)oc(=O)n2CCNC(=O)/C=C/c1ccccc1Cl. The van der Waals surface area contributed by atoms with Gasteiger partial charge >= 0.3 is 5.76 Å². The number of ether oxygens (including phenoxy) is 1. The number of halogens is 1. The van der Waals surface area contributed by atoms with Gasteiger partial charge in [-0.25, -0.2) is 4.79 Å². The van der Waals surface area contributed by atoms with E-state index in [1.54, 1.807) is 37.5 Å². The molecule has 1 N–H and O–H groups in total. The Morgan fingerprint density at radius 1 is 1.31 bits per heavy atom. The first kappa shape index (κ1) is 17.8. The van der Waals surface area contributed by atoms with Crippen molar-refractivity contribution in [3.63, 3.8) is 0 Å². The number of fused-ring (bicyclic) bond motifs is 1. The molecule has 1 heterocycles. The Morgan fingerprint density at radius 3 is 2.88 bits per heavy atom. The lowest BCUT2D eigenvalue weighted by Gasteiger charge is -2.04. The third kappa shape index (κ3) is 3.97. The fraction of sp³-hybridized carbons (Fsp3) is 0.158. The predicted molar refractivity (Wildman–Crippen MR) is 101 cm³/mol. The summed E-state index contributed by atoms with van der Waals surface area (Å²) in [4.78, 5) is 23.9. The minimum atomic E-state index is -0.478. The molecular weight excluding hydrogens is 356 g/mol. The van der Waals surface area contributed by atoms with Gasteiger partial charge in [-0.05, 0) is 29.8 Å². The molecule has 0 aliphatic carbocycles. The summed E-state index contributed by atoms with van der Waals surface area (Å²) in [6.07, 6.45) is 3.05. The van der Waals surface area contributed by atoms with Crippen molar-refractivity contribution in [2.75, 3.05) is 13.7 Å². The average Bonchev–Trinajstić information content (AvgIpc) is 2.95. The molecular formula is C19H17ClN2O4. The molecule has 0 unspecified atom stereocenters. The van der Waals surface area contributed by atoms with Gasteiger partial charge in [-0.2, -0.15) is 0 Å². The Labute approximate surface area is 154 Å². The van der Waals surface area contributed by atoms with Gasteiger partial charge in [0.25, 0.3) is 0 Å². The molecule has 0 atom stereocenters. The number of methoxy groups -OCH3 is 1. The Morgan fingerprint density at radius 2 is 2.12 bits per heavy atom. The van der Waals surface area contributed by atoms with E-state index in [9.17, 15) is 9.59 Å². The molecule has 7 heteroatoms. The van der Waals surface area contributed by atoms with Crippen molar-refractivity contribution in [3.8, 4) is 5.75 Å². The van der Waals surface area contributed by atoms with Crippen molar-refractivity contribution < 1.29 is 13.9 Å². The largest absolute Gasteiger partial charge is 0.497 e. The normalized spacial score (nSPS) is 11.2. The molecule has 1 aromatic heterocycles. The van der Waals surface area contributed by atoms with Gasteiger partial charge < -0.3 is 14.5 Å². The summed E-state index contributed by atoms with van der Waals surface area (Å²) >= 11 is 6.03. The number of amides is 1. The van der Waals surface area contributed by atoms with Gasteiger partial charge in [0.1, 0.15) is 5.75 Å². The van der Waals surface area contributed by atoms with Crippen LogP contribution in [0.5, 0.6) is 5.75 Å². The monoisotopic (exact) mass is 372 g/mol. The molecule has 26 heavy (non-hydrogen) atoms. The molecule has 3 rings (SSSR count). The van der Waals surface area contributed by atoms with Gasteiger partial charge in [0.15, 0.2) is 5.58 Å². The Balaban J connectivity index is 1.62. The standard InChI is InChI=1S/C19H17ClN2O4/c1-25-14-7-8-16-17(12-14)26-19(24)22(16)11-10-21-18(23)9-6-13-4-2-3-5-15(13)20/h2-9,12H,10-11H2,1H3,(H,21,23)/b9-6+. The van der Waals surface area contributed by atoms with Gasteiger partial charge in [0.05, 0.1) is 12.6 Å². The van der Waals surface area contributed by atoms with Gasteiger partial charge in [-0.1, -0.05) is 29.8 Å². The number of nitrogens with zero attached hydrogens (tertiary/aromatic N) is 1. The fourth-order valence-electron chi connectivity index (χ4n) is 2.51. The van der Waals surface area contributed by atoms with Crippen molar-refractivity contribution in [2.45, 2.75) is 6.54 Å². The minimum absolute atomic E-state index is 0.271. The highest BCUT2D eigenvalue weighted by molar-refractivity contribution is 6.32. The van der Waals surface area contributed by atoms with Crippen molar-refractivity contribution in [2.24, 2.45) is 0 Å². The van der Waals surface area contributed by atoms with Gasteiger partial charge in [-0.3, -0.25) is 9.36 Å². The number of aromatic nitrogens is 1. The third-order valence-corrected chi connectivity index (χ3v) is 4.17. The van der Waals surface area contributed by atoms with Crippen molar-refractivity contribution in [1.82, 2.24) is 9.88 Å². The molecule has 0 aliphatic heterocycles. The van der Waals surface area contributed by atoms with Crippen LogP contribution in [-0.4, -0.2) is 24.1 Å². The van der Waals surface area contributed by atoms with E-state index in [1.807, 2.05) is 18.2 Å². The zero-order valence-corrected chi connectivity index (χ0v) is 14.8. The second-order valence-electron chi connectivity index (χ2n) is 5.50. The Bertz CT molecular complexity index is 1020. The number of carbonyl (C=O) groups is 1. The van der Waals surface area contributed by atoms with E-state index in [-0.39, 0.29) is 12.5 Å². The van der Waals surface area contributed by atoms with Crippen LogP contribution in [0, 0.1) is 0 Å². The molecule has 0 aliphatic rings. The summed E-state index contributed by atoms with van der Waals surface area (Å²) < 4.78 is 11.8. The summed E-state index contributed by atoms with van der Waals surface area (Å²) in [5.41, 5.74) is 1.85. The van der Waals surface area contributed by atoms with Crippen LogP contribution < -0.4 is 15.8 Å². The number of hydrogen-bond acceptors (Lipinski definition) is 4. The van der Waals surface area contributed by atoms with E-state index in [4.69, 9.17) is 20.8 Å². The van der Waals surface area contributed by atoms with E-state index in [2.05, 4.69) is 5.32 Å². The molecule has 0 saturated carbocycles. The van der Waals surface area contributed by atoms with Crippen LogP contribution in [-0.2, 0) is 11.3 Å². The number of rotatable bonds is 6. The molecule has 0 bridgehead atoms. The molecule has 1 amide bonds. The number of oxazole rings is 1. The van der Waals surface area contributed by atoms with E-state index in [0.29, 0.717) is 28.4 Å². The van der Waals surface area contributed by atoms with Gasteiger partial charge in [0.2, 0.25) is 5.91 Å². The summed E-state index contributed by atoms with van der Waals surface area (Å²) in [5, 5.41) is 3.30. The van der Waals surface area contributed by atoms with E-state index in [0.717, 1.165) is 5.56 Å².